The zero-order chi connectivity index (χ0) is 21.3. The van der Waals surface area contributed by atoms with Crippen LogP contribution in [0.15, 0.2) is 28.7 Å². The van der Waals surface area contributed by atoms with Gasteiger partial charge in [0.05, 0.1) is 13.7 Å². The van der Waals surface area contributed by atoms with Gasteiger partial charge in [-0.15, -0.1) is 0 Å². The molecule has 0 unspecified atom stereocenters. The number of carbonyl (C=O) groups excluding carboxylic acids is 1. The molecular formula is C19H19F3N4O3. The summed E-state index contributed by atoms with van der Waals surface area (Å²) in [5.74, 6) is 0.0578. The van der Waals surface area contributed by atoms with Crippen LogP contribution in [0.25, 0.3) is 22.4 Å². The highest BCUT2D eigenvalue weighted by molar-refractivity contribution is 5.98. The first kappa shape index (κ1) is 20.6. The van der Waals surface area contributed by atoms with E-state index in [0.29, 0.717) is 17.5 Å². The first-order valence-electron chi connectivity index (χ1n) is 8.71. The topological polar surface area (TPSA) is 94.5 Å². The van der Waals surface area contributed by atoms with Gasteiger partial charge in [0.25, 0.3) is 5.91 Å². The van der Waals surface area contributed by atoms with E-state index in [4.69, 9.17) is 14.9 Å². The molecule has 0 radical (unpaired) electrons. The van der Waals surface area contributed by atoms with Gasteiger partial charge in [0.2, 0.25) is 5.89 Å². The van der Waals surface area contributed by atoms with Gasteiger partial charge < -0.3 is 19.8 Å². The fourth-order valence-corrected chi connectivity index (χ4v) is 2.80. The van der Waals surface area contributed by atoms with E-state index in [9.17, 15) is 18.0 Å². The molecule has 154 valence electrons. The molecule has 10 heteroatoms. The van der Waals surface area contributed by atoms with Crippen molar-refractivity contribution in [2.75, 3.05) is 20.7 Å². The monoisotopic (exact) mass is 408 g/mol. The second-order valence-electron chi connectivity index (χ2n) is 6.22. The van der Waals surface area contributed by atoms with Gasteiger partial charge in [-0.2, -0.15) is 13.2 Å². The molecule has 0 bridgehead atoms. The number of methoxy groups -OCH3 is 1. The Kier molecular flexibility index (Phi) is 5.47. The molecular weight excluding hydrogens is 389 g/mol. The van der Waals surface area contributed by atoms with E-state index in [1.165, 1.54) is 24.1 Å². The number of aromatic nitrogens is 2. The summed E-state index contributed by atoms with van der Waals surface area (Å²) in [6.07, 6.45) is -4.60. The molecule has 2 heterocycles. The Morgan fingerprint density at radius 2 is 1.97 bits per heavy atom. The number of nitrogens with two attached hydrogens (primary N) is 1. The Labute approximate surface area is 164 Å². The van der Waals surface area contributed by atoms with Gasteiger partial charge in [-0.1, -0.05) is 0 Å². The molecule has 0 saturated carbocycles. The number of alkyl halides is 3. The van der Waals surface area contributed by atoms with Crippen LogP contribution in [0.5, 0.6) is 5.75 Å². The normalized spacial score (nSPS) is 11.7. The summed E-state index contributed by atoms with van der Waals surface area (Å²) in [7, 11) is 2.95. The van der Waals surface area contributed by atoms with Crippen molar-refractivity contribution < 1.29 is 27.1 Å². The summed E-state index contributed by atoms with van der Waals surface area (Å²) in [6, 6.07) is 5.20. The molecule has 0 aliphatic carbocycles. The third-order valence-electron chi connectivity index (χ3n) is 4.47. The minimum atomic E-state index is -4.60. The van der Waals surface area contributed by atoms with Gasteiger partial charge in [-0.25, -0.2) is 9.97 Å². The van der Waals surface area contributed by atoms with Crippen LogP contribution >= 0.6 is 0 Å². The fraction of sp³-hybridized carbons (Fsp3) is 0.316. The Morgan fingerprint density at radius 1 is 1.24 bits per heavy atom. The van der Waals surface area contributed by atoms with Gasteiger partial charge in [0.1, 0.15) is 17.0 Å². The van der Waals surface area contributed by atoms with E-state index in [1.807, 2.05) is 6.92 Å². The molecule has 29 heavy (non-hydrogen) atoms. The van der Waals surface area contributed by atoms with Crippen LogP contribution in [0.1, 0.15) is 28.9 Å². The number of nitrogens with zero attached hydrogens (tertiary/aromatic N) is 3. The van der Waals surface area contributed by atoms with Crippen molar-refractivity contribution in [1.82, 2.24) is 14.9 Å². The largest absolute Gasteiger partial charge is 0.494 e. The lowest BCUT2D eigenvalue weighted by molar-refractivity contribution is -0.140. The molecule has 2 aromatic heterocycles. The van der Waals surface area contributed by atoms with E-state index in [2.05, 4.69) is 9.97 Å². The highest BCUT2D eigenvalue weighted by atomic mass is 19.4. The molecule has 0 fully saturated rings. The van der Waals surface area contributed by atoms with Crippen molar-refractivity contribution in [2.45, 2.75) is 19.6 Å². The molecule has 0 saturated heterocycles. The SMILES string of the molecule is CCN(C)C(=O)c1nc(-c2ccc(OC)c3nc(C(F)(F)F)ccc23)oc1CN. The van der Waals surface area contributed by atoms with E-state index in [0.717, 1.165) is 6.07 Å². The van der Waals surface area contributed by atoms with Gasteiger partial charge >= 0.3 is 6.18 Å². The second-order valence-corrected chi connectivity index (χ2v) is 6.22. The van der Waals surface area contributed by atoms with Gasteiger partial charge in [0, 0.05) is 24.5 Å². The summed E-state index contributed by atoms with van der Waals surface area (Å²) in [5.41, 5.74) is 5.08. The predicted octanol–water partition coefficient (Wildman–Crippen LogP) is 3.47. The zero-order valence-electron chi connectivity index (χ0n) is 16.0. The molecule has 0 aliphatic heterocycles. The highest BCUT2D eigenvalue weighted by Crippen LogP contribution is 2.37. The first-order valence-corrected chi connectivity index (χ1v) is 8.71. The molecule has 0 spiro atoms. The molecule has 0 aliphatic rings. The maximum absolute atomic E-state index is 13.1. The van der Waals surface area contributed by atoms with Crippen molar-refractivity contribution in [3.05, 3.63) is 41.4 Å². The predicted molar refractivity (Wildman–Crippen MR) is 99.3 cm³/mol. The number of hydrogen-bond acceptors (Lipinski definition) is 6. The zero-order valence-corrected chi connectivity index (χ0v) is 16.0. The van der Waals surface area contributed by atoms with Gasteiger partial charge in [-0.3, -0.25) is 4.79 Å². The average molecular weight is 408 g/mol. The number of halogens is 3. The van der Waals surface area contributed by atoms with Crippen LogP contribution in [0.4, 0.5) is 13.2 Å². The standard InChI is InChI=1S/C19H19F3N4O3/c1-4-26(2)18(27)16-13(9-23)29-17(25-16)11-5-7-12(28-3)15-10(11)6-8-14(24-15)19(20,21)22/h5-8H,4,9,23H2,1-3H3. The molecule has 1 amide bonds. The molecule has 3 rings (SSSR count). The van der Waals surface area contributed by atoms with Crippen molar-refractivity contribution >= 4 is 16.8 Å². The van der Waals surface area contributed by atoms with E-state index in [-0.39, 0.29) is 41.1 Å². The van der Waals surface area contributed by atoms with Crippen molar-refractivity contribution in [1.29, 1.82) is 0 Å². The molecule has 1 aromatic carbocycles. The van der Waals surface area contributed by atoms with Crippen LogP contribution < -0.4 is 10.5 Å². The first-order chi connectivity index (χ1) is 13.7. The van der Waals surface area contributed by atoms with Crippen molar-refractivity contribution in [3.8, 4) is 17.2 Å². The maximum Gasteiger partial charge on any atom is 0.433 e. The summed E-state index contributed by atoms with van der Waals surface area (Å²) in [4.78, 5) is 21.9. The van der Waals surface area contributed by atoms with Gasteiger partial charge in [0.15, 0.2) is 11.5 Å². The summed E-state index contributed by atoms with van der Waals surface area (Å²) in [6.45, 7) is 2.21. The van der Waals surface area contributed by atoms with E-state index >= 15 is 0 Å². The third-order valence-corrected chi connectivity index (χ3v) is 4.47. The Balaban J connectivity index is 2.20. The number of carbonyl (C=O) groups is 1. The van der Waals surface area contributed by atoms with Crippen LogP contribution in [0.2, 0.25) is 0 Å². The quantitative estimate of drug-likeness (QED) is 0.695. The fourth-order valence-electron chi connectivity index (χ4n) is 2.80. The number of oxazole rings is 1. The Morgan fingerprint density at radius 3 is 2.55 bits per heavy atom. The lowest BCUT2D eigenvalue weighted by Gasteiger charge is -2.12. The number of benzene rings is 1. The average Bonchev–Trinajstić information content (AvgIpc) is 3.14. The smallest absolute Gasteiger partial charge is 0.433 e. The number of fused-ring (bicyclic) bond motifs is 1. The highest BCUT2D eigenvalue weighted by Gasteiger charge is 2.33. The Bertz CT molecular complexity index is 1060. The van der Waals surface area contributed by atoms with Crippen LogP contribution in [0.3, 0.4) is 0 Å². The summed E-state index contributed by atoms with van der Waals surface area (Å²) >= 11 is 0. The summed E-state index contributed by atoms with van der Waals surface area (Å²) in [5, 5.41) is 0.338. The van der Waals surface area contributed by atoms with Crippen molar-refractivity contribution in [3.63, 3.8) is 0 Å². The van der Waals surface area contributed by atoms with Crippen LogP contribution in [0, 0.1) is 0 Å². The molecule has 2 N–H and O–H groups in total. The van der Waals surface area contributed by atoms with Gasteiger partial charge in [-0.05, 0) is 31.2 Å². The number of hydrogen-bond donors (Lipinski definition) is 1. The molecule has 7 nitrogen and oxygen atoms in total. The van der Waals surface area contributed by atoms with E-state index in [1.54, 1.807) is 13.1 Å². The minimum absolute atomic E-state index is 0.00544. The van der Waals surface area contributed by atoms with E-state index < -0.39 is 11.9 Å². The third kappa shape index (κ3) is 3.75. The lowest BCUT2D eigenvalue weighted by atomic mass is 10.1. The lowest BCUT2D eigenvalue weighted by Crippen LogP contribution is -2.27. The number of ether oxygens (including phenoxy) is 1. The number of rotatable bonds is 5. The van der Waals surface area contributed by atoms with Crippen LogP contribution in [-0.4, -0.2) is 41.5 Å². The van der Waals surface area contributed by atoms with Crippen LogP contribution in [-0.2, 0) is 12.7 Å². The Hall–Kier alpha value is -3.14. The summed E-state index contributed by atoms with van der Waals surface area (Å²) < 4.78 is 50.1. The maximum atomic E-state index is 13.1. The molecule has 3 aromatic rings. The number of amides is 1. The second kappa shape index (κ2) is 7.70. The van der Waals surface area contributed by atoms with Crippen molar-refractivity contribution in [2.24, 2.45) is 5.73 Å². The molecule has 0 atom stereocenters. The number of pyridine rings is 1. The minimum Gasteiger partial charge on any atom is -0.494 e.